The molecule has 0 aromatic heterocycles. The molecule has 0 heterocycles. The van der Waals surface area contributed by atoms with Crippen LogP contribution in [-0.2, 0) is 6.54 Å². The van der Waals surface area contributed by atoms with Crippen LogP contribution in [0.4, 0.5) is 0 Å². The van der Waals surface area contributed by atoms with E-state index >= 15 is 0 Å². The van der Waals surface area contributed by atoms with E-state index in [0.29, 0.717) is 18.7 Å². The molecule has 0 aliphatic rings. The van der Waals surface area contributed by atoms with Gasteiger partial charge in [-0.3, -0.25) is 4.79 Å². The Morgan fingerprint density at radius 1 is 1.14 bits per heavy atom. The Morgan fingerprint density at radius 2 is 1.86 bits per heavy atom. The summed E-state index contributed by atoms with van der Waals surface area (Å²) < 4.78 is 0.965. The second-order valence-electron chi connectivity index (χ2n) is 4.87. The normalized spacial score (nSPS) is 10.4. The summed E-state index contributed by atoms with van der Waals surface area (Å²) in [7, 11) is 0. The van der Waals surface area contributed by atoms with Crippen LogP contribution in [0.25, 0.3) is 0 Å². The molecule has 0 atom stereocenters. The molecule has 0 fully saturated rings. The summed E-state index contributed by atoms with van der Waals surface area (Å²) in [5.74, 6) is 0.0546. The number of aryl methyl sites for hydroxylation is 1. The van der Waals surface area contributed by atoms with Gasteiger partial charge in [0.15, 0.2) is 0 Å². The second kappa shape index (κ2) is 7.76. The van der Waals surface area contributed by atoms with E-state index in [4.69, 9.17) is 0 Å². The lowest BCUT2D eigenvalue weighted by molar-refractivity contribution is 0.0754. The van der Waals surface area contributed by atoms with Crippen LogP contribution in [0.15, 0.2) is 53.0 Å². The van der Waals surface area contributed by atoms with Gasteiger partial charge in [-0.2, -0.15) is 0 Å². The minimum Gasteiger partial charge on any atom is -0.333 e. The summed E-state index contributed by atoms with van der Waals surface area (Å²) >= 11 is 6.92. The molecule has 0 unspecified atom stereocenters. The van der Waals surface area contributed by atoms with Gasteiger partial charge in [0.05, 0.1) is 0 Å². The molecule has 0 bridgehead atoms. The third-order valence-corrected chi connectivity index (χ3v) is 4.49. The van der Waals surface area contributed by atoms with Crippen molar-refractivity contribution in [3.05, 3.63) is 69.7 Å². The average Bonchev–Trinajstić information content (AvgIpc) is 2.50. The van der Waals surface area contributed by atoms with Crippen LogP contribution in [-0.4, -0.2) is 22.7 Å². The second-order valence-corrected chi connectivity index (χ2v) is 6.51. The number of carbonyl (C=O) groups is 1. The SMILES string of the molecule is Cc1ccc(C(=O)N(CCBr)Cc2ccccc2)cc1Br. The highest BCUT2D eigenvalue weighted by Gasteiger charge is 2.16. The van der Waals surface area contributed by atoms with Crippen molar-refractivity contribution >= 4 is 37.8 Å². The Labute approximate surface area is 142 Å². The predicted octanol–water partition coefficient (Wildman–Crippen LogP) is 4.79. The van der Waals surface area contributed by atoms with Crippen LogP contribution in [0.1, 0.15) is 21.5 Å². The standard InChI is InChI=1S/C17H17Br2NO/c1-13-7-8-15(11-16(13)19)17(21)20(10-9-18)12-14-5-3-2-4-6-14/h2-8,11H,9-10,12H2,1H3. The van der Waals surface area contributed by atoms with E-state index in [0.717, 1.165) is 20.9 Å². The molecule has 2 nitrogen and oxygen atoms in total. The highest BCUT2D eigenvalue weighted by atomic mass is 79.9. The number of alkyl halides is 1. The quantitative estimate of drug-likeness (QED) is 0.648. The van der Waals surface area contributed by atoms with E-state index in [1.54, 1.807) is 0 Å². The Hall–Kier alpha value is -1.13. The maximum absolute atomic E-state index is 12.7. The molecule has 110 valence electrons. The molecular formula is C17H17Br2NO. The highest BCUT2D eigenvalue weighted by molar-refractivity contribution is 9.10. The van der Waals surface area contributed by atoms with Gasteiger partial charge in [0.25, 0.3) is 5.91 Å². The van der Waals surface area contributed by atoms with Gasteiger partial charge in [-0.1, -0.05) is 68.3 Å². The molecular weight excluding hydrogens is 394 g/mol. The molecule has 0 radical (unpaired) electrons. The maximum atomic E-state index is 12.7. The smallest absolute Gasteiger partial charge is 0.254 e. The number of benzene rings is 2. The van der Waals surface area contributed by atoms with Crippen LogP contribution < -0.4 is 0 Å². The molecule has 2 rings (SSSR count). The van der Waals surface area contributed by atoms with Crippen molar-refractivity contribution in [2.45, 2.75) is 13.5 Å². The van der Waals surface area contributed by atoms with Gasteiger partial charge in [-0.05, 0) is 30.2 Å². The maximum Gasteiger partial charge on any atom is 0.254 e. The van der Waals surface area contributed by atoms with Crippen molar-refractivity contribution in [2.75, 3.05) is 11.9 Å². The number of nitrogens with zero attached hydrogens (tertiary/aromatic N) is 1. The predicted molar refractivity (Wildman–Crippen MR) is 93.9 cm³/mol. The van der Waals surface area contributed by atoms with Crippen molar-refractivity contribution < 1.29 is 4.79 Å². The Kier molecular flexibility index (Phi) is 6.00. The average molecular weight is 411 g/mol. The van der Waals surface area contributed by atoms with Crippen molar-refractivity contribution in [3.63, 3.8) is 0 Å². The first kappa shape index (κ1) is 16.2. The molecule has 0 aliphatic heterocycles. The molecule has 0 saturated heterocycles. The van der Waals surface area contributed by atoms with Gasteiger partial charge in [0, 0.05) is 28.5 Å². The van der Waals surface area contributed by atoms with E-state index in [9.17, 15) is 4.79 Å². The molecule has 1 amide bonds. The van der Waals surface area contributed by atoms with Crippen LogP contribution in [0.3, 0.4) is 0 Å². The van der Waals surface area contributed by atoms with Gasteiger partial charge in [0.1, 0.15) is 0 Å². The van der Waals surface area contributed by atoms with Crippen LogP contribution in [0.5, 0.6) is 0 Å². The van der Waals surface area contributed by atoms with Crippen LogP contribution >= 0.6 is 31.9 Å². The fraction of sp³-hybridized carbons (Fsp3) is 0.235. The summed E-state index contributed by atoms with van der Waals surface area (Å²) in [5.41, 5.74) is 2.98. The van der Waals surface area contributed by atoms with E-state index in [1.807, 2.05) is 60.4 Å². The first-order chi connectivity index (χ1) is 10.1. The number of hydrogen-bond acceptors (Lipinski definition) is 1. The Bertz CT molecular complexity index is 613. The number of halogens is 2. The molecule has 0 spiro atoms. The van der Waals surface area contributed by atoms with E-state index in [2.05, 4.69) is 31.9 Å². The van der Waals surface area contributed by atoms with Gasteiger partial charge in [-0.15, -0.1) is 0 Å². The molecule has 4 heteroatoms. The molecule has 0 saturated carbocycles. The first-order valence-electron chi connectivity index (χ1n) is 6.77. The third-order valence-electron chi connectivity index (χ3n) is 3.28. The number of hydrogen-bond donors (Lipinski definition) is 0. The zero-order chi connectivity index (χ0) is 15.2. The van der Waals surface area contributed by atoms with E-state index in [-0.39, 0.29) is 5.91 Å². The summed E-state index contributed by atoms with van der Waals surface area (Å²) in [4.78, 5) is 14.5. The summed E-state index contributed by atoms with van der Waals surface area (Å²) in [6.07, 6.45) is 0. The lowest BCUT2D eigenvalue weighted by Gasteiger charge is -2.22. The Morgan fingerprint density at radius 3 is 2.48 bits per heavy atom. The van der Waals surface area contributed by atoms with E-state index < -0.39 is 0 Å². The topological polar surface area (TPSA) is 20.3 Å². The van der Waals surface area contributed by atoms with Crippen LogP contribution in [0.2, 0.25) is 0 Å². The third kappa shape index (κ3) is 4.42. The van der Waals surface area contributed by atoms with Crippen molar-refractivity contribution in [1.29, 1.82) is 0 Å². The lowest BCUT2D eigenvalue weighted by atomic mass is 10.1. The minimum atomic E-state index is 0.0546. The van der Waals surface area contributed by atoms with Crippen molar-refractivity contribution in [1.82, 2.24) is 4.90 Å². The number of carbonyl (C=O) groups excluding carboxylic acids is 1. The number of rotatable bonds is 5. The summed E-state index contributed by atoms with van der Waals surface area (Å²) in [5, 5.41) is 0.763. The summed E-state index contributed by atoms with van der Waals surface area (Å²) in [6, 6.07) is 15.8. The zero-order valence-corrected chi connectivity index (χ0v) is 15.0. The fourth-order valence-electron chi connectivity index (χ4n) is 2.07. The molecule has 2 aromatic carbocycles. The van der Waals surface area contributed by atoms with Gasteiger partial charge < -0.3 is 4.90 Å². The molecule has 2 aromatic rings. The fourth-order valence-corrected chi connectivity index (χ4v) is 2.87. The lowest BCUT2D eigenvalue weighted by Crippen LogP contribution is -2.32. The first-order valence-corrected chi connectivity index (χ1v) is 8.68. The number of amides is 1. The minimum absolute atomic E-state index is 0.0546. The molecule has 0 N–H and O–H groups in total. The zero-order valence-electron chi connectivity index (χ0n) is 11.9. The Balaban J connectivity index is 2.20. The molecule has 0 aliphatic carbocycles. The summed E-state index contributed by atoms with van der Waals surface area (Å²) in [6.45, 7) is 3.31. The van der Waals surface area contributed by atoms with Gasteiger partial charge >= 0.3 is 0 Å². The highest BCUT2D eigenvalue weighted by Crippen LogP contribution is 2.19. The molecule has 21 heavy (non-hydrogen) atoms. The monoisotopic (exact) mass is 409 g/mol. The van der Waals surface area contributed by atoms with Gasteiger partial charge in [-0.25, -0.2) is 0 Å². The van der Waals surface area contributed by atoms with Crippen molar-refractivity contribution in [2.24, 2.45) is 0 Å². The van der Waals surface area contributed by atoms with Crippen molar-refractivity contribution in [3.8, 4) is 0 Å². The van der Waals surface area contributed by atoms with Crippen LogP contribution in [0, 0.1) is 6.92 Å². The van der Waals surface area contributed by atoms with Gasteiger partial charge in [0.2, 0.25) is 0 Å². The largest absolute Gasteiger partial charge is 0.333 e. The van der Waals surface area contributed by atoms with E-state index in [1.165, 1.54) is 0 Å².